The number of aliphatic hydroxyl groups is 1. The third kappa shape index (κ3) is 3.35. The second-order valence-corrected chi connectivity index (χ2v) is 7.10. The first-order chi connectivity index (χ1) is 11.5. The number of nitrogens with zero attached hydrogens (tertiary/aromatic N) is 2. The zero-order chi connectivity index (χ0) is 17.3. The molecule has 128 valence electrons. The van der Waals surface area contributed by atoms with Gasteiger partial charge in [-0.15, -0.1) is 0 Å². The predicted molar refractivity (Wildman–Crippen MR) is 89.8 cm³/mol. The molecular formula is C17H19BrN2O4. The quantitative estimate of drug-likeness (QED) is 0.798. The number of carbonyl (C=O) groups excluding carboxylic acids is 1. The van der Waals surface area contributed by atoms with E-state index >= 15 is 0 Å². The molecule has 1 aromatic rings. The van der Waals surface area contributed by atoms with Crippen LogP contribution in [0.3, 0.4) is 0 Å². The maximum Gasteiger partial charge on any atom is 0.260 e. The van der Waals surface area contributed by atoms with E-state index in [1.54, 1.807) is 17.0 Å². The number of ether oxygens (including phenoxy) is 2. The molecule has 1 aromatic carbocycles. The number of amides is 1. The zero-order valence-corrected chi connectivity index (χ0v) is 15.0. The fourth-order valence-corrected chi connectivity index (χ4v) is 3.49. The number of hydrogen-bond donors (Lipinski definition) is 1. The van der Waals surface area contributed by atoms with E-state index in [0.717, 1.165) is 12.8 Å². The number of hydrogen-bond acceptors (Lipinski definition) is 5. The molecule has 0 unspecified atom stereocenters. The molecule has 6 nitrogen and oxygen atoms in total. The zero-order valence-electron chi connectivity index (χ0n) is 13.4. The molecule has 1 saturated carbocycles. The molecule has 0 spiro atoms. The van der Waals surface area contributed by atoms with Crippen molar-refractivity contribution < 1.29 is 19.4 Å². The van der Waals surface area contributed by atoms with Gasteiger partial charge in [-0.25, -0.2) is 0 Å². The molecule has 1 N–H and O–H groups in total. The number of benzene rings is 1. The molecule has 2 aliphatic rings. The SMILES string of the molecule is CCOc1cc(C#N)cc(Br)c1OCC(=O)N1CC(O)(C2CC2)C1. The van der Waals surface area contributed by atoms with Gasteiger partial charge in [-0.3, -0.25) is 4.79 Å². The van der Waals surface area contributed by atoms with Crippen LogP contribution in [0, 0.1) is 17.2 Å². The highest BCUT2D eigenvalue weighted by Gasteiger charge is 2.53. The largest absolute Gasteiger partial charge is 0.490 e. The molecule has 1 aliphatic carbocycles. The average Bonchev–Trinajstić information content (AvgIpc) is 3.35. The maximum atomic E-state index is 12.2. The van der Waals surface area contributed by atoms with Gasteiger partial charge in [-0.1, -0.05) is 0 Å². The van der Waals surface area contributed by atoms with Crippen molar-refractivity contribution in [1.82, 2.24) is 4.90 Å². The van der Waals surface area contributed by atoms with Crippen LogP contribution in [0.25, 0.3) is 0 Å². The van der Waals surface area contributed by atoms with Crippen LogP contribution in [-0.2, 0) is 4.79 Å². The summed E-state index contributed by atoms with van der Waals surface area (Å²) in [4.78, 5) is 13.8. The molecule has 0 atom stereocenters. The summed E-state index contributed by atoms with van der Waals surface area (Å²) < 4.78 is 11.7. The number of rotatable bonds is 6. The minimum Gasteiger partial charge on any atom is -0.490 e. The number of β-amino-alcohol motifs (C(OH)–C–C–N with tert-alkyl or cyclic N) is 1. The van der Waals surface area contributed by atoms with Crippen LogP contribution in [0.2, 0.25) is 0 Å². The first-order valence-corrected chi connectivity index (χ1v) is 8.75. The van der Waals surface area contributed by atoms with Crippen molar-refractivity contribution in [2.24, 2.45) is 5.92 Å². The van der Waals surface area contributed by atoms with Crippen molar-refractivity contribution in [1.29, 1.82) is 5.26 Å². The molecule has 1 aliphatic heterocycles. The van der Waals surface area contributed by atoms with Crippen LogP contribution in [0.15, 0.2) is 16.6 Å². The Hall–Kier alpha value is -1.78. The molecule has 7 heteroatoms. The van der Waals surface area contributed by atoms with Gasteiger partial charge in [0.15, 0.2) is 18.1 Å². The molecule has 24 heavy (non-hydrogen) atoms. The minimum absolute atomic E-state index is 0.134. The van der Waals surface area contributed by atoms with Gasteiger partial charge >= 0.3 is 0 Å². The molecule has 1 heterocycles. The minimum atomic E-state index is -0.693. The Labute approximate surface area is 149 Å². The van der Waals surface area contributed by atoms with E-state index in [4.69, 9.17) is 14.7 Å². The third-order valence-electron chi connectivity index (χ3n) is 4.40. The van der Waals surface area contributed by atoms with Gasteiger partial charge in [-0.05, 0) is 47.7 Å². The fraction of sp³-hybridized carbons (Fsp3) is 0.529. The molecule has 0 aromatic heterocycles. The van der Waals surface area contributed by atoms with Gasteiger partial charge < -0.3 is 19.5 Å². The highest BCUT2D eigenvalue weighted by molar-refractivity contribution is 9.10. The van der Waals surface area contributed by atoms with Gasteiger partial charge in [0.1, 0.15) is 5.60 Å². The summed E-state index contributed by atoms with van der Waals surface area (Å²) in [5, 5.41) is 19.3. The van der Waals surface area contributed by atoms with Crippen LogP contribution in [0.4, 0.5) is 0 Å². The second kappa shape index (κ2) is 6.61. The van der Waals surface area contributed by atoms with Crippen molar-refractivity contribution in [3.05, 3.63) is 22.2 Å². The van der Waals surface area contributed by atoms with Crippen molar-refractivity contribution >= 4 is 21.8 Å². The summed E-state index contributed by atoms with van der Waals surface area (Å²) >= 11 is 3.35. The smallest absolute Gasteiger partial charge is 0.260 e. The molecule has 0 radical (unpaired) electrons. The van der Waals surface area contributed by atoms with Gasteiger partial charge in [0, 0.05) is 6.07 Å². The lowest BCUT2D eigenvalue weighted by atomic mass is 9.89. The second-order valence-electron chi connectivity index (χ2n) is 6.25. The Morgan fingerprint density at radius 3 is 2.75 bits per heavy atom. The first-order valence-electron chi connectivity index (χ1n) is 7.96. The summed E-state index contributed by atoms with van der Waals surface area (Å²) in [6.07, 6.45) is 2.09. The monoisotopic (exact) mass is 394 g/mol. The third-order valence-corrected chi connectivity index (χ3v) is 4.99. The Morgan fingerprint density at radius 1 is 1.46 bits per heavy atom. The van der Waals surface area contributed by atoms with E-state index in [2.05, 4.69) is 22.0 Å². The van der Waals surface area contributed by atoms with Crippen molar-refractivity contribution in [3.8, 4) is 17.6 Å². The summed E-state index contributed by atoms with van der Waals surface area (Å²) in [5.74, 6) is 1.01. The topological polar surface area (TPSA) is 82.8 Å². The Balaban J connectivity index is 1.62. The van der Waals surface area contributed by atoms with Crippen molar-refractivity contribution in [3.63, 3.8) is 0 Å². The van der Waals surface area contributed by atoms with Crippen molar-refractivity contribution in [2.45, 2.75) is 25.4 Å². The van der Waals surface area contributed by atoms with Crippen LogP contribution in [0.1, 0.15) is 25.3 Å². The highest BCUT2D eigenvalue weighted by atomic mass is 79.9. The molecular weight excluding hydrogens is 376 g/mol. The van der Waals surface area contributed by atoms with E-state index in [1.807, 2.05) is 6.92 Å². The molecule has 3 rings (SSSR count). The van der Waals surface area contributed by atoms with E-state index in [9.17, 15) is 9.90 Å². The van der Waals surface area contributed by atoms with Crippen LogP contribution in [0.5, 0.6) is 11.5 Å². The normalized spacial score (nSPS) is 18.5. The lowest BCUT2D eigenvalue weighted by Gasteiger charge is -2.46. The van der Waals surface area contributed by atoms with Gasteiger partial charge in [0.25, 0.3) is 5.91 Å². The Bertz CT molecular complexity index is 691. The number of carbonyl (C=O) groups is 1. The van der Waals surface area contributed by atoms with Crippen molar-refractivity contribution in [2.75, 3.05) is 26.3 Å². The van der Waals surface area contributed by atoms with Gasteiger partial charge in [0.05, 0.1) is 35.8 Å². The Kier molecular flexibility index (Phi) is 4.70. The molecule has 1 saturated heterocycles. The van der Waals surface area contributed by atoms with Gasteiger partial charge in [0.2, 0.25) is 0 Å². The fourth-order valence-electron chi connectivity index (χ4n) is 2.93. The lowest BCUT2D eigenvalue weighted by molar-refractivity contribution is -0.161. The lowest BCUT2D eigenvalue weighted by Crippen LogP contribution is -2.65. The van der Waals surface area contributed by atoms with Gasteiger partial charge in [-0.2, -0.15) is 5.26 Å². The van der Waals surface area contributed by atoms with Crippen LogP contribution in [-0.4, -0.2) is 47.8 Å². The summed E-state index contributed by atoms with van der Waals surface area (Å²) in [5.41, 5.74) is -0.248. The maximum absolute atomic E-state index is 12.2. The summed E-state index contributed by atoms with van der Waals surface area (Å²) in [7, 11) is 0. The number of likely N-dealkylation sites (tertiary alicyclic amines) is 1. The number of halogens is 1. The highest BCUT2D eigenvalue weighted by Crippen LogP contribution is 2.44. The molecule has 2 fully saturated rings. The van der Waals surface area contributed by atoms with E-state index in [-0.39, 0.29) is 12.5 Å². The average molecular weight is 395 g/mol. The van der Waals surface area contributed by atoms with Crippen LogP contribution >= 0.6 is 15.9 Å². The molecule has 0 bridgehead atoms. The summed E-state index contributed by atoms with van der Waals surface area (Å²) in [6.45, 7) is 2.89. The van der Waals surface area contributed by atoms with E-state index in [1.165, 1.54) is 0 Å². The Morgan fingerprint density at radius 2 is 2.17 bits per heavy atom. The molecule has 1 amide bonds. The predicted octanol–water partition coefficient (Wildman–Crippen LogP) is 2.08. The van der Waals surface area contributed by atoms with Crippen LogP contribution < -0.4 is 9.47 Å². The standard InChI is InChI=1S/C17H19BrN2O4/c1-2-23-14-6-11(7-19)5-13(18)16(14)24-8-15(21)20-9-17(22,10-20)12-3-4-12/h5-6,12,22H,2-4,8-10H2,1H3. The van der Waals surface area contributed by atoms with E-state index in [0.29, 0.717) is 47.1 Å². The van der Waals surface area contributed by atoms with E-state index < -0.39 is 5.60 Å². The number of nitriles is 1. The first kappa shape index (κ1) is 17.1. The summed E-state index contributed by atoms with van der Waals surface area (Å²) in [6, 6.07) is 5.26.